The molecule has 0 bridgehead atoms. The van der Waals surface area contributed by atoms with Crippen molar-refractivity contribution in [3.8, 4) is 0 Å². The van der Waals surface area contributed by atoms with Crippen LogP contribution in [0.25, 0.3) is 0 Å². The summed E-state index contributed by atoms with van der Waals surface area (Å²) in [4.78, 5) is 6.77. The van der Waals surface area contributed by atoms with Crippen LogP contribution < -0.4 is 16.0 Å². The van der Waals surface area contributed by atoms with Crippen molar-refractivity contribution in [1.29, 1.82) is 0 Å². The minimum atomic E-state index is 0.495. The van der Waals surface area contributed by atoms with E-state index in [4.69, 9.17) is 0 Å². The third-order valence-corrected chi connectivity index (χ3v) is 20.0. The highest BCUT2D eigenvalue weighted by Gasteiger charge is 2.61. The van der Waals surface area contributed by atoms with Crippen LogP contribution in [0.3, 0.4) is 0 Å². The summed E-state index contributed by atoms with van der Waals surface area (Å²) >= 11 is 0. The van der Waals surface area contributed by atoms with Gasteiger partial charge in [0.2, 0.25) is 0 Å². The molecule has 3 heterocycles. The van der Waals surface area contributed by atoms with Crippen molar-refractivity contribution in [2.75, 3.05) is 0 Å². The van der Waals surface area contributed by atoms with Crippen molar-refractivity contribution in [2.24, 2.45) is 47.3 Å². The van der Waals surface area contributed by atoms with Gasteiger partial charge in [0.1, 0.15) is 0 Å². The summed E-state index contributed by atoms with van der Waals surface area (Å²) in [7, 11) is 0. The SMILES string of the molecule is C1=C(C2CCC3C4CC5C6CCCCC6N(C6CCCCC6)C5CC4N(C4CCCC(C5NC(C6CCCCC6)NC(C6CCCCC6)N5)C4)C3C2)CCCC1. The normalized spacial score (nSPS) is 47.8. The lowest BCUT2D eigenvalue weighted by Crippen LogP contribution is -2.72. The Bertz CT molecular complexity index is 1300. The summed E-state index contributed by atoms with van der Waals surface area (Å²) in [5.74, 6) is 7.31. The highest BCUT2D eigenvalue weighted by Crippen LogP contribution is 2.60. The first-order valence-corrected chi connectivity index (χ1v) is 26.3. The van der Waals surface area contributed by atoms with Crippen molar-refractivity contribution < 1.29 is 0 Å². The fourth-order valence-corrected chi connectivity index (χ4v) is 17.6. The molecular formula is C51H85N5. The van der Waals surface area contributed by atoms with Crippen molar-refractivity contribution in [2.45, 2.75) is 260 Å². The van der Waals surface area contributed by atoms with Gasteiger partial charge in [-0.05, 0) is 176 Å². The van der Waals surface area contributed by atoms with Crippen LogP contribution in [0.2, 0.25) is 0 Å². The van der Waals surface area contributed by atoms with E-state index >= 15 is 0 Å². The molecule has 5 heteroatoms. The molecule has 13 atom stereocenters. The van der Waals surface area contributed by atoms with Crippen molar-refractivity contribution >= 4 is 0 Å². The fourth-order valence-electron chi connectivity index (χ4n) is 17.6. The predicted molar refractivity (Wildman–Crippen MR) is 231 cm³/mol. The first-order chi connectivity index (χ1) is 27.8. The molecule has 0 spiro atoms. The number of rotatable bonds is 6. The average molecular weight is 768 g/mol. The number of allylic oxidation sites excluding steroid dienone is 2. The van der Waals surface area contributed by atoms with Gasteiger partial charge in [-0.15, -0.1) is 0 Å². The molecule has 11 aliphatic rings. The van der Waals surface area contributed by atoms with Crippen LogP contribution in [-0.2, 0) is 0 Å². The Balaban J connectivity index is 0.880. The zero-order valence-corrected chi connectivity index (χ0v) is 35.9. The van der Waals surface area contributed by atoms with Crippen molar-refractivity contribution in [1.82, 2.24) is 25.8 Å². The molecular weight excluding hydrogens is 683 g/mol. The molecule has 3 aliphatic heterocycles. The minimum absolute atomic E-state index is 0.495. The molecule has 11 rings (SSSR count). The summed E-state index contributed by atoms with van der Waals surface area (Å²) < 4.78 is 0. The molecule has 7 saturated carbocycles. The van der Waals surface area contributed by atoms with E-state index < -0.39 is 0 Å². The summed E-state index contributed by atoms with van der Waals surface area (Å²) in [5.41, 5.74) is 1.90. The molecule has 314 valence electrons. The predicted octanol–water partition coefficient (Wildman–Crippen LogP) is 11.0. The Kier molecular flexibility index (Phi) is 11.8. The number of fused-ring (bicyclic) bond motifs is 6. The smallest absolute Gasteiger partial charge is 0.0625 e. The molecule has 3 N–H and O–H groups in total. The number of nitrogens with zero attached hydrogens (tertiary/aromatic N) is 2. The van der Waals surface area contributed by atoms with E-state index in [9.17, 15) is 0 Å². The van der Waals surface area contributed by atoms with Crippen LogP contribution in [0.1, 0.15) is 205 Å². The maximum atomic E-state index is 4.38. The van der Waals surface area contributed by atoms with E-state index in [1.54, 1.807) is 19.3 Å². The zero-order valence-electron chi connectivity index (χ0n) is 35.9. The van der Waals surface area contributed by atoms with Crippen LogP contribution in [-0.4, -0.2) is 64.5 Å². The Hall–Kier alpha value is -0.460. The zero-order chi connectivity index (χ0) is 37.0. The molecule has 0 radical (unpaired) electrons. The summed E-state index contributed by atoms with van der Waals surface area (Å²) in [6.45, 7) is 0. The van der Waals surface area contributed by atoms with Crippen molar-refractivity contribution in [3.63, 3.8) is 0 Å². The summed E-state index contributed by atoms with van der Waals surface area (Å²) in [6, 6.07) is 5.26. The van der Waals surface area contributed by atoms with Crippen molar-refractivity contribution in [3.05, 3.63) is 11.6 Å². The summed E-state index contributed by atoms with van der Waals surface area (Å²) in [6.07, 6.45) is 51.5. The van der Waals surface area contributed by atoms with Crippen LogP contribution in [0, 0.1) is 47.3 Å². The molecule has 56 heavy (non-hydrogen) atoms. The van der Waals surface area contributed by atoms with Crippen LogP contribution >= 0.6 is 0 Å². The Labute approximate surface area is 343 Å². The fraction of sp³-hybridized carbons (Fsp3) is 0.961. The highest BCUT2D eigenvalue weighted by molar-refractivity contribution is 5.18. The van der Waals surface area contributed by atoms with Crippen LogP contribution in [0.4, 0.5) is 0 Å². The second-order valence-electron chi connectivity index (χ2n) is 22.7. The van der Waals surface area contributed by atoms with Crippen LogP contribution in [0.15, 0.2) is 11.6 Å². The molecule has 5 nitrogen and oxygen atoms in total. The van der Waals surface area contributed by atoms with Gasteiger partial charge >= 0.3 is 0 Å². The van der Waals surface area contributed by atoms with Gasteiger partial charge in [0, 0.05) is 36.3 Å². The molecule has 0 aromatic carbocycles. The first-order valence-electron chi connectivity index (χ1n) is 26.3. The minimum Gasteiger partial charge on any atom is -0.294 e. The molecule has 8 aliphatic carbocycles. The lowest BCUT2D eigenvalue weighted by Gasteiger charge is -2.51. The third-order valence-electron chi connectivity index (χ3n) is 20.0. The van der Waals surface area contributed by atoms with Gasteiger partial charge < -0.3 is 0 Å². The number of hydrogen-bond donors (Lipinski definition) is 3. The van der Waals surface area contributed by atoms with Gasteiger partial charge in [0.25, 0.3) is 0 Å². The molecule has 10 fully saturated rings. The lowest BCUT2D eigenvalue weighted by atomic mass is 9.64. The number of nitrogens with one attached hydrogen (secondary N) is 3. The van der Waals surface area contributed by atoms with E-state index in [1.165, 1.54) is 186 Å². The quantitative estimate of drug-likeness (QED) is 0.235. The molecule has 3 saturated heterocycles. The third kappa shape index (κ3) is 7.38. The van der Waals surface area contributed by atoms with E-state index in [0.29, 0.717) is 18.5 Å². The maximum absolute atomic E-state index is 4.38. The second-order valence-corrected chi connectivity index (χ2v) is 22.7. The van der Waals surface area contributed by atoms with Gasteiger partial charge in [-0.3, -0.25) is 25.8 Å². The second kappa shape index (κ2) is 17.1. The number of hydrogen-bond acceptors (Lipinski definition) is 5. The Morgan fingerprint density at radius 3 is 1.61 bits per heavy atom. The first kappa shape index (κ1) is 38.5. The Morgan fingerprint density at radius 2 is 0.929 bits per heavy atom. The van der Waals surface area contributed by atoms with E-state index in [2.05, 4.69) is 31.8 Å². The van der Waals surface area contributed by atoms with Gasteiger partial charge in [-0.1, -0.05) is 88.7 Å². The molecule has 0 aromatic heterocycles. The largest absolute Gasteiger partial charge is 0.294 e. The van der Waals surface area contributed by atoms with E-state index in [0.717, 1.165) is 83.6 Å². The average Bonchev–Trinajstić information content (AvgIpc) is 3.78. The molecule has 0 aromatic rings. The van der Waals surface area contributed by atoms with Gasteiger partial charge in [0.15, 0.2) is 0 Å². The van der Waals surface area contributed by atoms with E-state index in [1.807, 2.05) is 5.57 Å². The summed E-state index contributed by atoms with van der Waals surface area (Å²) in [5, 5.41) is 13.0. The van der Waals surface area contributed by atoms with Crippen LogP contribution in [0.5, 0.6) is 0 Å². The lowest BCUT2D eigenvalue weighted by molar-refractivity contribution is -0.00282. The highest BCUT2D eigenvalue weighted by atomic mass is 15.4. The van der Waals surface area contributed by atoms with E-state index in [-0.39, 0.29) is 0 Å². The number of likely N-dealkylation sites (tertiary alicyclic amines) is 2. The maximum Gasteiger partial charge on any atom is 0.0625 e. The van der Waals surface area contributed by atoms with Gasteiger partial charge in [-0.2, -0.15) is 0 Å². The topological polar surface area (TPSA) is 42.6 Å². The Morgan fingerprint density at radius 1 is 0.375 bits per heavy atom. The van der Waals surface area contributed by atoms with Gasteiger partial charge in [-0.25, -0.2) is 0 Å². The monoisotopic (exact) mass is 768 g/mol. The molecule has 0 amide bonds. The van der Waals surface area contributed by atoms with Gasteiger partial charge in [0.05, 0.1) is 18.5 Å². The standard InChI is InChI=1S/C51H85N5/c1-5-16-34(17-6-1)37-28-29-42-44-32-43-41-26-13-14-27-45(41)55(39-23-11-4-12-24-39)47(43)33-48(44)56(46(42)31-37)40-25-15-22-38(30-40)51-53-49(35-18-7-2-8-19-35)52-50(54-51)36-20-9-3-10-21-36/h16,35-54H,1-15,17-33H2. The molecule has 13 unspecified atom stereocenters.